The van der Waals surface area contributed by atoms with E-state index in [4.69, 9.17) is 4.74 Å². The van der Waals surface area contributed by atoms with Gasteiger partial charge in [-0.2, -0.15) is 0 Å². The van der Waals surface area contributed by atoms with Crippen LogP contribution in [0.5, 0.6) is 5.75 Å². The lowest BCUT2D eigenvalue weighted by Crippen LogP contribution is -2.38. The number of rotatable bonds is 1. The van der Waals surface area contributed by atoms with Crippen molar-refractivity contribution in [2.75, 3.05) is 18.2 Å². The van der Waals surface area contributed by atoms with E-state index in [2.05, 4.69) is 32.2 Å². The van der Waals surface area contributed by atoms with Crippen LogP contribution in [0.1, 0.15) is 20.8 Å². The molecule has 0 bridgehead atoms. The van der Waals surface area contributed by atoms with Crippen molar-refractivity contribution in [1.82, 2.24) is 0 Å². The van der Waals surface area contributed by atoms with Crippen LogP contribution in [0.4, 0.5) is 5.69 Å². The number of hydrogen-bond acceptors (Lipinski definition) is 3. The van der Waals surface area contributed by atoms with Crippen molar-refractivity contribution in [3.8, 4) is 5.75 Å². The molecule has 0 fully saturated rings. The van der Waals surface area contributed by atoms with Gasteiger partial charge in [0.05, 0.1) is 12.8 Å². The Balaban J connectivity index is 2.31. The summed E-state index contributed by atoms with van der Waals surface area (Å²) in [7, 11) is 1.72. The van der Waals surface area contributed by atoms with Crippen molar-refractivity contribution in [3.63, 3.8) is 0 Å². The van der Waals surface area contributed by atoms with Crippen molar-refractivity contribution < 1.29 is 4.74 Å². The Morgan fingerprint density at radius 3 is 2.75 bits per heavy atom. The van der Waals surface area contributed by atoms with E-state index < -0.39 is 0 Å². The molecule has 1 aliphatic rings. The van der Waals surface area contributed by atoms with Gasteiger partial charge >= 0.3 is 0 Å². The fourth-order valence-electron chi connectivity index (χ4n) is 1.80. The molecule has 0 radical (unpaired) electrons. The average Bonchev–Trinajstić information content (AvgIpc) is 2.26. The minimum Gasteiger partial charge on any atom is -0.495 e. The smallest absolute Gasteiger partial charge is 0.143 e. The molecular weight excluding hydrogens is 218 g/mol. The van der Waals surface area contributed by atoms with Gasteiger partial charge in [0.1, 0.15) is 5.75 Å². The summed E-state index contributed by atoms with van der Waals surface area (Å²) in [5, 5.41) is 3.61. The maximum Gasteiger partial charge on any atom is 0.143 e. The summed E-state index contributed by atoms with van der Waals surface area (Å²) in [6, 6.07) is 6.69. The van der Waals surface area contributed by atoms with Gasteiger partial charge in [0, 0.05) is 16.7 Å². The largest absolute Gasteiger partial charge is 0.495 e. The van der Waals surface area contributed by atoms with Gasteiger partial charge in [-0.15, -0.1) is 11.8 Å². The third-order valence-electron chi connectivity index (χ3n) is 2.98. The van der Waals surface area contributed by atoms with Gasteiger partial charge in [-0.1, -0.05) is 26.8 Å². The minimum atomic E-state index is 0.269. The molecule has 0 amide bonds. The summed E-state index contributed by atoms with van der Waals surface area (Å²) >= 11 is 1.91. The Bertz CT molecular complexity index is 370. The number of hydrogen-bond donors (Lipinski definition) is 1. The number of ether oxygens (including phenoxy) is 1. The van der Waals surface area contributed by atoms with Crippen molar-refractivity contribution in [1.29, 1.82) is 0 Å². The number of para-hydroxylation sites is 1. The summed E-state index contributed by atoms with van der Waals surface area (Å²) in [4.78, 5) is 1.29. The molecule has 0 saturated carbocycles. The predicted octanol–water partition coefficient (Wildman–Crippen LogP) is 3.63. The molecule has 1 unspecified atom stereocenters. The standard InChI is InChI=1S/C13H19NOS/c1-13(2,3)11-8-16-10-7-5-6-9(15-4)12(10)14-11/h5-7,11,14H,8H2,1-4H3. The molecule has 0 spiro atoms. The van der Waals surface area contributed by atoms with E-state index in [1.54, 1.807) is 7.11 Å². The molecule has 1 heterocycles. The lowest BCUT2D eigenvalue weighted by molar-refractivity contribution is 0.358. The van der Waals surface area contributed by atoms with Gasteiger partial charge in [-0.3, -0.25) is 0 Å². The van der Waals surface area contributed by atoms with Crippen molar-refractivity contribution in [3.05, 3.63) is 18.2 Å². The molecule has 3 heteroatoms. The van der Waals surface area contributed by atoms with E-state index in [-0.39, 0.29) is 5.41 Å². The van der Waals surface area contributed by atoms with Crippen LogP contribution < -0.4 is 10.1 Å². The molecule has 0 aliphatic carbocycles. The molecule has 16 heavy (non-hydrogen) atoms. The second-order valence-electron chi connectivity index (χ2n) is 5.21. The molecule has 1 aliphatic heterocycles. The highest BCUT2D eigenvalue weighted by molar-refractivity contribution is 7.99. The summed E-state index contributed by atoms with van der Waals surface area (Å²) in [6.07, 6.45) is 0. The molecule has 1 N–H and O–H groups in total. The monoisotopic (exact) mass is 237 g/mol. The minimum absolute atomic E-state index is 0.269. The van der Waals surface area contributed by atoms with Crippen LogP contribution in [0.2, 0.25) is 0 Å². The number of anilines is 1. The second-order valence-corrected chi connectivity index (χ2v) is 6.27. The Morgan fingerprint density at radius 2 is 2.12 bits per heavy atom. The zero-order valence-corrected chi connectivity index (χ0v) is 11.1. The normalized spacial score (nSPS) is 19.9. The average molecular weight is 237 g/mol. The van der Waals surface area contributed by atoms with Crippen LogP contribution >= 0.6 is 11.8 Å². The quantitative estimate of drug-likeness (QED) is 0.806. The number of fused-ring (bicyclic) bond motifs is 1. The molecule has 1 atom stereocenters. The molecule has 0 saturated heterocycles. The number of methoxy groups -OCH3 is 1. The topological polar surface area (TPSA) is 21.3 Å². The Kier molecular flexibility index (Phi) is 3.06. The SMILES string of the molecule is COc1cccc2c1NC(C(C)(C)C)CS2. The van der Waals surface area contributed by atoms with Crippen molar-refractivity contribution in [2.45, 2.75) is 31.7 Å². The summed E-state index contributed by atoms with van der Waals surface area (Å²) in [6.45, 7) is 6.81. The first kappa shape index (κ1) is 11.6. The lowest BCUT2D eigenvalue weighted by atomic mass is 9.87. The maximum atomic E-state index is 5.40. The molecule has 2 rings (SSSR count). The highest BCUT2D eigenvalue weighted by Crippen LogP contribution is 2.42. The highest BCUT2D eigenvalue weighted by Gasteiger charge is 2.29. The van der Waals surface area contributed by atoms with E-state index in [1.807, 2.05) is 23.9 Å². The Hall–Kier alpha value is -0.830. The fourth-order valence-corrected chi connectivity index (χ4v) is 3.21. The van der Waals surface area contributed by atoms with E-state index in [0.717, 1.165) is 17.2 Å². The molecule has 2 nitrogen and oxygen atoms in total. The Labute approximate surface area is 102 Å². The van der Waals surface area contributed by atoms with Crippen LogP contribution in [0.25, 0.3) is 0 Å². The third-order valence-corrected chi connectivity index (χ3v) is 4.13. The van der Waals surface area contributed by atoms with Gasteiger partial charge in [0.25, 0.3) is 0 Å². The summed E-state index contributed by atoms with van der Waals surface area (Å²) in [5.74, 6) is 2.06. The van der Waals surface area contributed by atoms with Crippen LogP contribution in [-0.4, -0.2) is 18.9 Å². The first-order valence-electron chi connectivity index (χ1n) is 5.58. The first-order chi connectivity index (χ1) is 7.52. The number of benzene rings is 1. The van der Waals surface area contributed by atoms with Crippen LogP contribution in [0.3, 0.4) is 0 Å². The third kappa shape index (κ3) is 2.14. The van der Waals surface area contributed by atoms with Gasteiger partial charge in [-0.05, 0) is 17.5 Å². The summed E-state index contributed by atoms with van der Waals surface area (Å²) in [5.41, 5.74) is 1.42. The van der Waals surface area contributed by atoms with Gasteiger partial charge < -0.3 is 10.1 Å². The fraction of sp³-hybridized carbons (Fsp3) is 0.538. The molecular formula is C13H19NOS. The van der Waals surface area contributed by atoms with E-state index in [1.165, 1.54) is 4.90 Å². The number of thioether (sulfide) groups is 1. The molecule has 0 aromatic heterocycles. The summed E-state index contributed by atoms with van der Waals surface area (Å²) < 4.78 is 5.40. The molecule has 1 aromatic carbocycles. The maximum absolute atomic E-state index is 5.40. The lowest BCUT2D eigenvalue weighted by Gasteiger charge is -2.36. The predicted molar refractivity (Wildman–Crippen MR) is 70.6 cm³/mol. The van der Waals surface area contributed by atoms with Gasteiger partial charge in [0.2, 0.25) is 0 Å². The highest BCUT2D eigenvalue weighted by atomic mass is 32.2. The first-order valence-corrected chi connectivity index (χ1v) is 6.57. The van der Waals surface area contributed by atoms with Crippen LogP contribution in [0, 0.1) is 5.41 Å². The van der Waals surface area contributed by atoms with Gasteiger partial charge in [-0.25, -0.2) is 0 Å². The van der Waals surface area contributed by atoms with E-state index >= 15 is 0 Å². The van der Waals surface area contributed by atoms with Crippen molar-refractivity contribution in [2.24, 2.45) is 5.41 Å². The zero-order valence-electron chi connectivity index (χ0n) is 10.3. The van der Waals surface area contributed by atoms with Crippen LogP contribution in [-0.2, 0) is 0 Å². The van der Waals surface area contributed by atoms with Crippen molar-refractivity contribution >= 4 is 17.4 Å². The van der Waals surface area contributed by atoms with Crippen LogP contribution in [0.15, 0.2) is 23.1 Å². The Morgan fingerprint density at radius 1 is 1.38 bits per heavy atom. The zero-order chi connectivity index (χ0) is 11.8. The van der Waals surface area contributed by atoms with E-state index in [0.29, 0.717) is 6.04 Å². The van der Waals surface area contributed by atoms with Gasteiger partial charge in [0.15, 0.2) is 0 Å². The van der Waals surface area contributed by atoms with E-state index in [9.17, 15) is 0 Å². The second kappa shape index (κ2) is 4.21. The number of nitrogens with one attached hydrogen (secondary N) is 1. The molecule has 1 aromatic rings. The molecule has 88 valence electrons.